The van der Waals surface area contributed by atoms with Crippen molar-refractivity contribution in [2.45, 2.75) is 13.2 Å². The van der Waals surface area contributed by atoms with E-state index in [0.29, 0.717) is 0 Å². The van der Waals surface area contributed by atoms with Gasteiger partial charge in [0.25, 0.3) is 0 Å². The molecule has 0 aliphatic heterocycles. The fraction of sp³-hybridized carbons (Fsp3) is 0.800. The zero-order valence-corrected chi connectivity index (χ0v) is 5.79. The lowest BCUT2D eigenvalue weighted by atomic mass is 10.6. The van der Waals surface area contributed by atoms with Crippen LogP contribution < -0.4 is 0 Å². The molecule has 4 nitrogen and oxygen atoms in total. The molecule has 0 amide bonds. The van der Waals surface area contributed by atoms with Gasteiger partial charge >= 0.3 is 6.16 Å². The van der Waals surface area contributed by atoms with E-state index < -0.39 is 6.16 Å². The topological polar surface area (TPSA) is 49.8 Å². The number of ether oxygens (including phenoxy) is 1. The maximum absolute atomic E-state index is 9.87. The van der Waals surface area contributed by atoms with Gasteiger partial charge in [-0.15, -0.1) is 0 Å². The van der Waals surface area contributed by atoms with Crippen LogP contribution in [0.3, 0.4) is 0 Å². The van der Waals surface area contributed by atoms with Crippen LogP contribution in [-0.2, 0) is 4.74 Å². The van der Waals surface area contributed by atoms with Crippen LogP contribution in [0.2, 0.25) is 0 Å². The van der Waals surface area contributed by atoms with E-state index in [1.807, 2.05) is 0 Å². The van der Waals surface area contributed by atoms with E-state index in [4.69, 9.17) is 5.11 Å². The van der Waals surface area contributed by atoms with Crippen molar-refractivity contribution >= 4 is 6.16 Å². The molecule has 0 spiro atoms. The molecule has 1 atom stereocenters. The Balaban J connectivity index is 3.50. The maximum atomic E-state index is 9.87. The quantitative estimate of drug-likeness (QED) is 0.442. The van der Waals surface area contributed by atoms with E-state index in [0.717, 1.165) is 0 Å². The van der Waals surface area contributed by atoms with Crippen LogP contribution in [0.25, 0.3) is 0 Å². The third-order valence-corrected chi connectivity index (χ3v) is 0.999. The average Bonchev–Trinajstić information content (AvgIpc) is 1.63. The first-order valence-electron chi connectivity index (χ1n) is 2.60. The van der Waals surface area contributed by atoms with Gasteiger partial charge in [-0.2, -0.15) is 0 Å². The molecule has 1 N–H and O–H groups in total. The van der Waals surface area contributed by atoms with Gasteiger partial charge in [0.2, 0.25) is 0 Å². The van der Waals surface area contributed by atoms with Crippen molar-refractivity contribution in [1.29, 1.82) is 0 Å². The van der Waals surface area contributed by atoms with E-state index >= 15 is 0 Å². The van der Waals surface area contributed by atoms with Gasteiger partial charge in [-0.1, -0.05) is 0 Å². The van der Waals surface area contributed by atoms with Crippen molar-refractivity contribution < 1.29 is 14.6 Å². The highest BCUT2D eigenvalue weighted by Gasteiger charge is 2.07. The third-order valence-electron chi connectivity index (χ3n) is 0.999. The summed E-state index contributed by atoms with van der Waals surface area (Å²) in [5, 5.41) is 8.08. The summed E-state index contributed by atoms with van der Waals surface area (Å²) in [5.74, 6) is 0. The van der Waals surface area contributed by atoms with Gasteiger partial charge in [0.05, 0.1) is 0 Å². The third kappa shape index (κ3) is 3.78. The zero-order valence-electron chi connectivity index (χ0n) is 5.79. The van der Waals surface area contributed by atoms with Crippen LogP contribution in [0.4, 0.5) is 4.79 Å². The van der Waals surface area contributed by atoms with Gasteiger partial charge in [0.1, 0.15) is 0 Å². The molecule has 1 unspecified atom stereocenters. The maximum Gasteiger partial charge on any atom is 0.507 e. The molecule has 0 saturated carbocycles. The molecule has 0 saturated heterocycles. The van der Waals surface area contributed by atoms with Gasteiger partial charge in [-0.25, -0.2) is 4.79 Å². The minimum atomic E-state index is -1.24. The minimum Gasteiger partial charge on any atom is -0.450 e. The molecule has 0 heterocycles. The van der Waals surface area contributed by atoms with E-state index in [1.54, 1.807) is 25.9 Å². The molecule has 0 aromatic rings. The van der Waals surface area contributed by atoms with Crippen molar-refractivity contribution in [2.75, 3.05) is 14.1 Å². The molecule has 0 bridgehead atoms. The molecular weight excluding hydrogens is 122 g/mol. The summed E-state index contributed by atoms with van der Waals surface area (Å²) in [6, 6.07) is 0. The summed E-state index contributed by atoms with van der Waals surface area (Å²) in [6.45, 7) is 1.66. The zero-order chi connectivity index (χ0) is 7.44. The first-order valence-corrected chi connectivity index (χ1v) is 2.60. The Morgan fingerprint density at radius 3 is 2.22 bits per heavy atom. The van der Waals surface area contributed by atoms with Crippen molar-refractivity contribution in [2.24, 2.45) is 0 Å². The molecule has 0 aliphatic carbocycles. The lowest BCUT2D eigenvalue weighted by Crippen LogP contribution is -2.29. The normalized spacial score (nSPS) is 13.3. The number of hydrogen-bond acceptors (Lipinski definition) is 3. The summed E-state index contributed by atoms with van der Waals surface area (Å²) in [4.78, 5) is 11.5. The summed E-state index contributed by atoms with van der Waals surface area (Å²) in [5.41, 5.74) is 0. The molecule has 9 heavy (non-hydrogen) atoms. The van der Waals surface area contributed by atoms with Gasteiger partial charge in [0.15, 0.2) is 6.23 Å². The molecule has 0 aromatic carbocycles. The number of hydrogen-bond donors (Lipinski definition) is 1. The summed E-state index contributed by atoms with van der Waals surface area (Å²) in [6.07, 6.45) is -1.61. The summed E-state index contributed by atoms with van der Waals surface area (Å²) >= 11 is 0. The lowest BCUT2D eigenvalue weighted by Gasteiger charge is -2.17. The smallest absolute Gasteiger partial charge is 0.450 e. The number of nitrogens with zero attached hydrogens (tertiary/aromatic N) is 1. The molecule has 0 radical (unpaired) electrons. The minimum absolute atomic E-state index is 0.373. The molecule has 4 heteroatoms. The van der Waals surface area contributed by atoms with E-state index in [-0.39, 0.29) is 6.23 Å². The Hall–Kier alpha value is -0.770. The Labute approximate surface area is 54.0 Å². The summed E-state index contributed by atoms with van der Waals surface area (Å²) in [7, 11) is 3.49. The number of carbonyl (C=O) groups is 1. The van der Waals surface area contributed by atoms with Crippen LogP contribution in [0.15, 0.2) is 0 Å². The highest BCUT2D eigenvalue weighted by Crippen LogP contribution is 1.92. The molecule has 0 rings (SSSR count). The van der Waals surface area contributed by atoms with Crippen molar-refractivity contribution in [3.05, 3.63) is 0 Å². The van der Waals surface area contributed by atoms with Gasteiger partial charge < -0.3 is 9.84 Å². The fourth-order valence-corrected chi connectivity index (χ4v) is 0.251. The Kier molecular flexibility index (Phi) is 3.01. The number of carboxylic acid groups (broad SMARTS) is 1. The Morgan fingerprint density at radius 1 is 1.67 bits per heavy atom. The van der Waals surface area contributed by atoms with Gasteiger partial charge in [-0.3, -0.25) is 4.90 Å². The predicted molar refractivity (Wildman–Crippen MR) is 32.3 cm³/mol. The second-order valence-electron chi connectivity index (χ2n) is 1.95. The predicted octanol–water partition coefficient (Wildman–Crippen LogP) is 0.589. The molecular formula is C5H11NO3. The molecule has 0 aliphatic rings. The SMILES string of the molecule is CC(OC(=O)O)N(C)C. The van der Waals surface area contributed by atoms with E-state index in [2.05, 4.69) is 4.74 Å². The van der Waals surface area contributed by atoms with E-state index in [1.165, 1.54) is 0 Å². The average molecular weight is 133 g/mol. The van der Waals surface area contributed by atoms with Crippen LogP contribution in [0.5, 0.6) is 0 Å². The summed E-state index contributed by atoms with van der Waals surface area (Å²) < 4.78 is 4.35. The highest BCUT2D eigenvalue weighted by molar-refractivity contribution is 5.56. The van der Waals surface area contributed by atoms with Gasteiger partial charge in [0, 0.05) is 0 Å². The van der Waals surface area contributed by atoms with E-state index in [9.17, 15) is 4.79 Å². The first kappa shape index (κ1) is 8.23. The monoisotopic (exact) mass is 133 g/mol. The standard InChI is InChI=1S/C5H11NO3/c1-4(6(2)3)9-5(7)8/h4H,1-3H3,(H,7,8). The Bertz CT molecular complexity index is 102. The van der Waals surface area contributed by atoms with Crippen LogP contribution in [0, 0.1) is 0 Å². The van der Waals surface area contributed by atoms with Crippen molar-refractivity contribution in [3.63, 3.8) is 0 Å². The molecule has 0 fully saturated rings. The second-order valence-corrected chi connectivity index (χ2v) is 1.95. The van der Waals surface area contributed by atoms with Crippen LogP contribution in [-0.4, -0.2) is 36.5 Å². The second kappa shape index (κ2) is 3.29. The molecule has 54 valence electrons. The largest absolute Gasteiger partial charge is 0.507 e. The number of rotatable bonds is 2. The van der Waals surface area contributed by atoms with Crippen molar-refractivity contribution in [3.8, 4) is 0 Å². The highest BCUT2D eigenvalue weighted by atomic mass is 16.7. The lowest BCUT2D eigenvalue weighted by molar-refractivity contribution is -0.00249. The fourth-order valence-electron chi connectivity index (χ4n) is 0.251. The first-order chi connectivity index (χ1) is 4.04. The van der Waals surface area contributed by atoms with Crippen LogP contribution >= 0.6 is 0 Å². The van der Waals surface area contributed by atoms with Crippen LogP contribution in [0.1, 0.15) is 6.92 Å². The Morgan fingerprint density at radius 2 is 2.11 bits per heavy atom. The van der Waals surface area contributed by atoms with Gasteiger partial charge in [-0.05, 0) is 21.0 Å². The van der Waals surface area contributed by atoms with Crippen molar-refractivity contribution in [1.82, 2.24) is 4.90 Å². The molecule has 0 aromatic heterocycles.